The molecule has 6 nitrogen and oxygen atoms in total. The number of amides is 1. The van der Waals surface area contributed by atoms with Crippen molar-refractivity contribution in [2.24, 2.45) is 0 Å². The first-order chi connectivity index (χ1) is 12.1. The van der Waals surface area contributed by atoms with Gasteiger partial charge < -0.3 is 19.2 Å². The zero-order valence-electron chi connectivity index (χ0n) is 15.7. The van der Waals surface area contributed by atoms with E-state index in [1.807, 2.05) is 6.92 Å². The molecular weight excluding hydrogens is 358 g/mol. The molecule has 0 fully saturated rings. The molecule has 1 amide bonds. The van der Waals surface area contributed by atoms with E-state index in [9.17, 15) is 9.59 Å². The summed E-state index contributed by atoms with van der Waals surface area (Å²) in [5.74, 6) is 0.456. The summed E-state index contributed by atoms with van der Waals surface area (Å²) in [5, 5.41) is 3.23. The molecule has 0 spiro atoms. The lowest BCUT2D eigenvalue weighted by molar-refractivity contribution is -0.123. The predicted octanol–water partition coefficient (Wildman–Crippen LogP) is 4.36. The molecule has 2 aromatic rings. The Labute approximate surface area is 157 Å². The molecule has 1 atom stereocenters. The standard InChI is InChI=1S/C19H22ClNO5/c1-9-7-15(16(24-6)8-14(9)20)21-18(22)13(5)26-19(23)17-10(2)11(3)25-12(17)4/h7-8,13H,1-6H3,(H,21,22)/t13-/m0/s1. The fourth-order valence-corrected chi connectivity index (χ4v) is 2.68. The van der Waals surface area contributed by atoms with Crippen LogP contribution in [-0.2, 0) is 9.53 Å². The Balaban J connectivity index is 2.13. The lowest BCUT2D eigenvalue weighted by atomic mass is 10.1. The number of aryl methyl sites for hydroxylation is 3. The topological polar surface area (TPSA) is 77.8 Å². The number of carbonyl (C=O) groups is 2. The number of furan rings is 1. The van der Waals surface area contributed by atoms with Gasteiger partial charge in [0.2, 0.25) is 0 Å². The van der Waals surface area contributed by atoms with Crippen LogP contribution in [0.15, 0.2) is 16.5 Å². The van der Waals surface area contributed by atoms with Crippen LogP contribution in [0.2, 0.25) is 5.02 Å². The Kier molecular flexibility index (Phi) is 5.97. The van der Waals surface area contributed by atoms with Crippen LogP contribution in [0.4, 0.5) is 5.69 Å². The maximum Gasteiger partial charge on any atom is 0.342 e. The molecule has 0 bridgehead atoms. The second-order valence-corrected chi connectivity index (χ2v) is 6.46. The first-order valence-corrected chi connectivity index (χ1v) is 8.46. The van der Waals surface area contributed by atoms with E-state index in [2.05, 4.69) is 5.32 Å². The summed E-state index contributed by atoms with van der Waals surface area (Å²) < 4.78 is 16.0. The summed E-state index contributed by atoms with van der Waals surface area (Å²) in [6.07, 6.45) is -1.00. The van der Waals surface area contributed by atoms with Crippen molar-refractivity contribution in [2.75, 3.05) is 12.4 Å². The van der Waals surface area contributed by atoms with Gasteiger partial charge in [0, 0.05) is 16.7 Å². The smallest absolute Gasteiger partial charge is 0.342 e. The van der Waals surface area contributed by atoms with Gasteiger partial charge in [-0.2, -0.15) is 0 Å². The molecule has 140 valence electrons. The fourth-order valence-electron chi connectivity index (χ4n) is 2.53. The number of benzene rings is 1. The highest BCUT2D eigenvalue weighted by atomic mass is 35.5. The minimum Gasteiger partial charge on any atom is -0.495 e. The third kappa shape index (κ3) is 4.02. The largest absolute Gasteiger partial charge is 0.495 e. The van der Waals surface area contributed by atoms with E-state index < -0.39 is 18.0 Å². The van der Waals surface area contributed by atoms with Crippen molar-refractivity contribution in [3.05, 3.63) is 45.4 Å². The van der Waals surface area contributed by atoms with Gasteiger partial charge in [-0.3, -0.25) is 4.79 Å². The van der Waals surface area contributed by atoms with E-state index in [-0.39, 0.29) is 0 Å². The van der Waals surface area contributed by atoms with Gasteiger partial charge in [-0.25, -0.2) is 4.79 Å². The minimum absolute atomic E-state index is 0.349. The summed E-state index contributed by atoms with van der Waals surface area (Å²) >= 11 is 6.06. The number of rotatable bonds is 5. The van der Waals surface area contributed by atoms with Gasteiger partial charge in [0.05, 0.1) is 12.8 Å². The van der Waals surface area contributed by atoms with Crippen LogP contribution in [0.25, 0.3) is 0 Å². The summed E-state index contributed by atoms with van der Waals surface area (Å²) in [7, 11) is 1.48. The van der Waals surface area contributed by atoms with E-state index in [0.29, 0.717) is 39.1 Å². The van der Waals surface area contributed by atoms with Crippen molar-refractivity contribution in [1.82, 2.24) is 0 Å². The second kappa shape index (κ2) is 7.83. The number of ether oxygens (including phenoxy) is 2. The summed E-state index contributed by atoms with van der Waals surface area (Å²) in [5.41, 5.74) is 2.29. The van der Waals surface area contributed by atoms with Crippen molar-refractivity contribution < 1.29 is 23.5 Å². The number of nitrogens with one attached hydrogen (secondary N) is 1. The van der Waals surface area contributed by atoms with Gasteiger partial charge in [-0.05, 0) is 46.2 Å². The molecule has 1 aromatic heterocycles. The van der Waals surface area contributed by atoms with Crippen LogP contribution < -0.4 is 10.1 Å². The SMILES string of the molecule is COc1cc(Cl)c(C)cc1NC(=O)[C@H](C)OC(=O)c1c(C)oc(C)c1C. The van der Waals surface area contributed by atoms with E-state index in [1.165, 1.54) is 14.0 Å². The highest BCUT2D eigenvalue weighted by molar-refractivity contribution is 6.31. The van der Waals surface area contributed by atoms with Crippen LogP contribution in [-0.4, -0.2) is 25.1 Å². The molecule has 26 heavy (non-hydrogen) atoms. The summed E-state index contributed by atoms with van der Waals surface area (Å²) in [4.78, 5) is 24.8. The number of carbonyl (C=O) groups excluding carboxylic acids is 2. The molecule has 7 heteroatoms. The maximum atomic E-state index is 12.4. The Morgan fingerprint density at radius 3 is 2.35 bits per heavy atom. The zero-order valence-corrected chi connectivity index (χ0v) is 16.4. The van der Waals surface area contributed by atoms with E-state index >= 15 is 0 Å². The predicted molar refractivity (Wildman–Crippen MR) is 99.2 cm³/mol. The third-order valence-electron chi connectivity index (χ3n) is 4.16. The molecule has 1 N–H and O–H groups in total. The van der Waals surface area contributed by atoms with Crippen LogP contribution in [0, 0.1) is 27.7 Å². The lowest BCUT2D eigenvalue weighted by Gasteiger charge is -2.16. The first kappa shape index (κ1) is 19.8. The third-order valence-corrected chi connectivity index (χ3v) is 4.56. The van der Waals surface area contributed by atoms with Crippen molar-refractivity contribution >= 4 is 29.2 Å². The molecule has 0 aliphatic carbocycles. The molecule has 1 aromatic carbocycles. The number of hydrogen-bond donors (Lipinski definition) is 1. The highest BCUT2D eigenvalue weighted by Gasteiger charge is 2.25. The summed E-state index contributed by atoms with van der Waals surface area (Å²) in [6.45, 7) is 8.54. The Morgan fingerprint density at radius 1 is 1.15 bits per heavy atom. The maximum absolute atomic E-state index is 12.4. The van der Waals surface area contributed by atoms with Crippen molar-refractivity contribution in [1.29, 1.82) is 0 Å². The minimum atomic E-state index is -1.00. The van der Waals surface area contributed by atoms with Gasteiger partial charge >= 0.3 is 5.97 Å². The first-order valence-electron chi connectivity index (χ1n) is 8.08. The molecular formula is C19H22ClNO5. The van der Waals surface area contributed by atoms with Crippen molar-refractivity contribution in [3.8, 4) is 5.75 Å². The lowest BCUT2D eigenvalue weighted by Crippen LogP contribution is -2.30. The van der Waals surface area contributed by atoms with Crippen LogP contribution >= 0.6 is 11.6 Å². The Morgan fingerprint density at radius 2 is 1.81 bits per heavy atom. The van der Waals surface area contributed by atoms with Gasteiger partial charge in [0.25, 0.3) is 5.91 Å². The van der Waals surface area contributed by atoms with E-state index in [1.54, 1.807) is 32.9 Å². The number of hydrogen-bond acceptors (Lipinski definition) is 5. The van der Waals surface area contributed by atoms with E-state index in [4.69, 9.17) is 25.5 Å². The van der Waals surface area contributed by atoms with Crippen molar-refractivity contribution in [2.45, 2.75) is 40.7 Å². The molecule has 0 radical (unpaired) electrons. The number of anilines is 1. The summed E-state index contributed by atoms with van der Waals surface area (Å²) in [6, 6.07) is 3.31. The van der Waals surface area contributed by atoms with Crippen LogP contribution in [0.3, 0.4) is 0 Å². The Hall–Kier alpha value is -2.47. The molecule has 1 heterocycles. The quantitative estimate of drug-likeness (QED) is 0.781. The van der Waals surface area contributed by atoms with Crippen molar-refractivity contribution in [3.63, 3.8) is 0 Å². The highest BCUT2D eigenvalue weighted by Crippen LogP contribution is 2.31. The molecule has 0 unspecified atom stereocenters. The normalized spacial score (nSPS) is 11.8. The second-order valence-electron chi connectivity index (χ2n) is 6.05. The average Bonchev–Trinajstić information content (AvgIpc) is 2.82. The average molecular weight is 380 g/mol. The van der Waals surface area contributed by atoms with Gasteiger partial charge in [-0.1, -0.05) is 11.6 Å². The molecule has 0 saturated heterocycles. The number of halogens is 1. The molecule has 2 rings (SSSR count). The molecule has 0 aliphatic rings. The van der Waals surface area contributed by atoms with Gasteiger partial charge in [0.15, 0.2) is 6.10 Å². The fraction of sp³-hybridized carbons (Fsp3) is 0.368. The zero-order chi connectivity index (χ0) is 19.6. The molecule has 0 saturated carbocycles. The molecule has 0 aliphatic heterocycles. The van der Waals surface area contributed by atoms with Crippen LogP contribution in [0.5, 0.6) is 5.75 Å². The van der Waals surface area contributed by atoms with E-state index in [0.717, 1.165) is 5.56 Å². The Bertz CT molecular complexity index is 856. The van der Waals surface area contributed by atoms with Gasteiger partial charge in [0.1, 0.15) is 22.8 Å². The van der Waals surface area contributed by atoms with Crippen LogP contribution in [0.1, 0.15) is 39.9 Å². The number of esters is 1. The number of methoxy groups -OCH3 is 1. The monoisotopic (exact) mass is 379 g/mol. The van der Waals surface area contributed by atoms with Gasteiger partial charge in [-0.15, -0.1) is 0 Å².